The van der Waals surface area contributed by atoms with Crippen molar-refractivity contribution in [3.05, 3.63) is 0 Å². The summed E-state index contributed by atoms with van der Waals surface area (Å²) < 4.78 is 0. The molecule has 2 unspecified atom stereocenters. The normalized spacial score (nSPS) is 32.8. The lowest BCUT2D eigenvalue weighted by molar-refractivity contribution is -0.117. The lowest BCUT2D eigenvalue weighted by atomic mass is 10.1. The molecule has 4 heteroatoms. The highest BCUT2D eigenvalue weighted by Gasteiger charge is 2.37. The Kier molecular flexibility index (Phi) is 1.75. The van der Waals surface area contributed by atoms with Crippen LogP contribution >= 0.6 is 0 Å². The van der Waals surface area contributed by atoms with Crippen LogP contribution in [0.25, 0.3) is 0 Å². The van der Waals surface area contributed by atoms with Gasteiger partial charge in [-0.05, 0) is 6.92 Å². The van der Waals surface area contributed by atoms with Crippen LogP contribution in [0.5, 0.6) is 0 Å². The average Bonchev–Trinajstić information content (AvgIpc) is 2.61. The Labute approximate surface area is 71.8 Å². The number of hydrazone groups is 1. The second-order valence-electron chi connectivity index (χ2n) is 3.31. The summed E-state index contributed by atoms with van der Waals surface area (Å²) in [5, 5.41) is 6.34. The fourth-order valence-electron chi connectivity index (χ4n) is 1.96. The third-order valence-electron chi connectivity index (χ3n) is 2.62. The van der Waals surface area contributed by atoms with Gasteiger partial charge in [0.2, 0.25) is 6.41 Å². The Bertz CT molecular complexity index is 216. The van der Waals surface area contributed by atoms with E-state index in [9.17, 15) is 4.79 Å². The number of rotatable bonds is 2. The molecule has 0 bridgehead atoms. The van der Waals surface area contributed by atoms with Gasteiger partial charge >= 0.3 is 0 Å². The van der Waals surface area contributed by atoms with Gasteiger partial charge in [0.05, 0.1) is 6.04 Å². The molecule has 66 valence electrons. The van der Waals surface area contributed by atoms with Gasteiger partial charge < -0.3 is 4.90 Å². The quantitative estimate of drug-likeness (QED) is 0.532. The molecule has 0 aromatic rings. The summed E-state index contributed by atoms with van der Waals surface area (Å²) in [6.07, 6.45) is 2.90. The number of hydrogen-bond acceptors (Lipinski definition) is 3. The maximum atomic E-state index is 10.5. The number of hydrogen-bond donors (Lipinski definition) is 0. The van der Waals surface area contributed by atoms with E-state index in [2.05, 4.69) is 17.0 Å². The largest absolute Gasteiger partial charge is 0.342 e. The topological polar surface area (TPSA) is 35.9 Å². The first-order valence-electron chi connectivity index (χ1n) is 4.35. The van der Waals surface area contributed by atoms with Crippen LogP contribution in [0.2, 0.25) is 0 Å². The smallest absolute Gasteiger partial charge is 0.209 e. The molecule has 1 amide bonds. The van der Waals surface area contributed by atoms with Gasteiger partial charge in [-0.2, -0.15) is 5.10 Å². The van der Waals surface area contributed by atoms with Crippen molar-refractivity contribution in [2.75, 3.05) is 19.6 Å². The van der Waals surface area contributed by atoms with Gasteiger partial charge in [0.25, 0.3) is 0 Å². The van der Waals surface area contributed by atoms with E-state index in [0.29, 0.717) is 12.0 Å². The van der Waals surface area contributed by atoms with E-state index in [4.69, 9.17) is 0 Å². The number of carbonyl (C=O) groups is 1. The van der Waals surface area contributed by atoms with Gasteiger partial charge in [0.15, 0.2) is 0 Å². The van der Waals surface area contributed by atoms with Crippen LogP contribution in [0.4, 0.5) is 0 Å². The third kappa shape index (κ3) is 0.983. The van der Waals surface area contributed by atoms with Gasteiger partial charge in [-0.15, -0.1) is 0 Å². The predicted molar refractivity (Wildman–Crippen MR) is 45.8 cm³/mol. The molecule has 12 heavy (non-hydrogen) atoms. The van der Waals surface area contributed by atoms with Crippen LogP contribution < -0.4 is 0 Å². The van der Waals surface area contributed by atoms with Crippen molar-refractivity contribution in [2.45, 2.75) is 13.0 Å². The third-order valence-corrected chi connectivity index (χ3v) is 2.62. The first-order valence-corrected chi connectivity index (χ1v) is 4.35. The fourth-order valence-corrected chi connectivity index (χ4v) is 1.96. The minimum atomic E-state index is 0.445. The van der Waals surface area contributed by atoms with Crippen LogP contribution in [-0.2, 0) is 4.79 Å². The maximum Gasteiger partial charge on any atom is 0.209 e. The molecule has 0 spiro atoms. The number of fused-ring (bicyclic) bond motifs is 1. The molecule has 0 aromatic heterocycles. The summed E-state index contributed by atoms with van der Waals surface area (Å²) >= 11 is 0. The van der Waals surface area contributed by atoms with Gasteiger partial charge in [0, 0.05) is 31.8 Å². The Hall–Kier alpha value is -1.06. The van der Waals surface area contributed by atoms with Crippen LogP contribution in [-0.4, -0.2) is 48.2 Å². The standard InChI is InChI=1S/C8H13N3O/c1-2-11-8-5-10(6-12)4-7(8)3-9-11/h3,6-8H,2,4-5H2,1H3. The molecule has 0 aromatic carbocycles. The number of amides is 1. The lowest BCUT2D eigenvalue weighted by Crippen LogP contribution is -2.32. The summed E-state index contributed by atoms with van der Waals surface area (Å²) in [6, 6.07) is 0.445. The second kappa shape index (κ2) is 2.77. The number of carbonyl (C=O) groups excluding carboxylic acids is 1. The van der Waals surface area contributed by atoms with E-state index < -0.39 is 0 Å². The van der Waals surface area contributed by atoms with Crippen molar-refractivity contribution in [1.29, 1.82) is 0 Å². The fraction of sp³-hybridized carbons (Fsp3) is 0.750. The summed E-state index contributed by atoms with van der Waals surface area (Å²) in [6.45, 7) is 4.70. The Morgan fingerprint density at radius 3 is 3.17 bits per heavy atom. The van der Waals surface area contributed by atoms with Gasteiger partial charge in [-0.1, -0.05) is 0 Å². The first-order chi connectivity index (χ1) is 5.85. The number of likely N-dealkylation sites (N-methyl/N-ethyl adjacent to an activating group) is 1. The SMILES string of the molecule is CCN1N=CC2CN(C=O)CC21. The van der Waals surface area contributed by atoms with Crippen molar-refractivity contribution in [3.8, 4) is 0 Å². The minimum absolute atomic E-state index is 0.445. The van der Waals surface area contributed by atoms with Crippen molar-refractivity contribution in [1.82, 2.24) is 9.91 Å². The Morgan fingerprint density at radius 2 is 2.50 bits per heavy atom. The second-order valence-corrected chi connectivity index (χ2v) is 3.31. The Balaban J connectivity index is 2.05. The van der Waals surface area contributed by atoms with E-state index in [1.54, 1.807) is 0 Å². The zero-order chi connectivity index (χ0) is 8.55. The monoisotopic (exact) mass is 167 g/mol. The van der Waals surface area contributed by atoms with E-state index in [0.717, 1.165) is 26.0 Å². The van der Waals surface area contributed by atoms with Crippen LogP contribution in [0.15, 0.2) is 5.10 Å². The van der Waals surface area contributed by atoms with Gasteiger partial charge in [-0.3, -0.25) is 9.80 Å². The number of likely N-dealkylation sites (tertiary alicyclic amines) is 1. The van der Waals surface area contributed by atoms with E-state index in [-0.39, 0.29) is 0 Å². The molecule has 2 aliphatic rings. The molecule has 2 rings (SSSR count). The molecular formula is C8H13N3O. The molecular weight excluding hydrogens is 154 g/mol. The van der Waals surface area contributed by atoms with E-state index in [1.807, 2.05) is 11.1 Å². The zero-order valence-corrected chi connectivity index (χ0v) is 7.18. The van der Waals surface area contributed by atoms with E-state index in [1.165, 1.54) is 0 Å². The average molecular weight is 167 g/mol. The van der Waals surface area contributed by atoms with Crippen molar-refractivity contribution in [2.24, 2.45) is 11.0 Å². The minimum Gasteiger partial charge on any atom is -0.342 e. The highest BCUT2D eigenvalue weighted by Crippen LogP contribution is 2.24. The van der Waals surface area contributed by atoms with E-state index >= 15 is 0 Å². The summed E-state index contributed by atoms with van der Waals surface area (Å²) in [7, 11) is 0. The summed E-state index contributed by atoms with van der Waals surface area (Å²) in [5.74, 6) is 0.468. The molecule has 2 atom stereocenters. The van der Waals surface area contributed by atoms with Gasteiger partial charge in [0.1, 0.15) is 0 Å². The van der Waals surface area contributed by atoms with Crippen LogP contribution in [0.1, 0.15) is 6.92 Å². The molecule has 0 radical (unpaired) electrons. The maximum absolute atomic E-state index is 10.5. The molecule has 1 fully saturated rings. The van der Waals surface area contributed by atoms with Crippen LogP contribution in [0, 0.1) is 5.92 Å². The van der Waals surface area contributed by atoms with Crippen molar-refractivity contribution in [3.63, 3.8) is 0 Å². The highest BCUT2D eigenvalue weighted by atomic mass is 16.1. The predicted octanol–water partition coefficient (Wildman–Crippen LogP) is -0.236. The molecule has 1 saturated heterocycles. The molecule has 2 heterocycles. The highest BCUT2D eigenvalue weighted by molar-refractivity contribution is 5.66. The zero-order valence-electron chi connectivity index (χ0n) is 7.18. The van der Waals surface area contributed by atoms with Crippen molar-refractivity contribution >= 4 is 12.6 Å². The molecule has 4 nitrogen and oxygen atoms in total. The summed E-state index contributed by atoms with van der Waals surface area (Å²) in [4.78, 5) is 12.3. The Morgan fingerprint density at radius 1 is 1.67 bits per heavy atom. The van der Waals surface area contributed by atoms with Gasteiger partial charge in [-0.25, -0.2) is 0 Å². The van der Waals surface area contributed by atoms with Crippen LogP contribution in [0.3, 0.4) is 0 Å². The molecule has 0 N–H and O–H groups in total. The first kappa shape index (κ1) is 7.58. The molecule has 0 aliphatic carbocycles. The summed E-state index contributed by atoms with van der Waals surface area (Å²) in [5.41, 5.74) is 0. The lowest BCUT2D eigenvalue weighted by Gasteiger charge is -2.20. The van der Waals surface area contributed by atoms with Crippen molar-refractivity contribution < 1.29 is 4.79 Å². The number of nitrogens with zero attached hydrogens (tertiary/aromatic N) is 3. The molecule has 2 aliphatic heterocycles. The molecule has 0 saturated carbocycles.